The van der Waals surface area contributed by atoms with E-state index in [4.69, 9.17) is 9.84 Å². The van der Waals surface area contributed by atoms with Gasteiger partial charge in [0.2, 0.25) is 5.78 Å². The van der Waals surface area contributed by atoms with E-state index in [1.807, 2.05) is 36.4 Å². The highest BCUT2D eigenvalue weighted by molar-refractivity contribution is 6.53. The van der Waals surface area contributed by atoms with Gasteiger partial charge in [0.05, 0.1) is 41.9 Å². The van der Waals surface area contributed by atoms with Crippen LogP contribution in [0.1, 0.15) is 21.6 Å². The summed E-state index contributed by atoms with van der Waals surface area (Å²) in [6, 6.07) is 24.2. The van der Waals surface area contributed by atoms with E-state index in [0.29, 0.717) is 28.2 Å². The first-order valence-corrected chi connectivity index (χ1v) is 10.9. The second kappa shape index (κ2) is 9.30. The van der Waals surface area contributed by atoms with Crippen molar-refractivity contribution in [3.63, 3.8) is 0 Å². The van der Waals surface area contributed by atoms with Gasteiger partial charge in [0.1, 0.15) is 11.5 Å². The molecule has 3 aromatic carbocycles. The van der Waals surface area contributed by atoms with Gasteiger partial charge < -0.3 is 4.74 Å². The Hall–Kier alpha value is -4.65. The molecule has 7 heteroatoms. The highest BCUT2D eigenvalue weighted by atomic mass is 19.1. The molecule has 0 spiro atoms. The predicted octanol–water partition coefficient (Wildman–Crippen LogP) is 4.92. The molecule has 1 aliphatic heterocycles. The van der Waals surface area contributed by atoms with Crippen LogP contribution in [0.2, 0.25) is 0 Å². The number of carbonyl (C=O) groups is 2. The molecule has 1 aliphatic rings. The van der Waals surface area contributed by atoms with Gasteiger partial charge in [0, 0.05) is 11.1 Å². The third kappa shape index (κ3) is 4.19. The number of aromatic nitrogens is 2. The van der Waals surface area contributed by atoms with Crippen molar-refractivity contribution in [1.29, 1.82) is 0 Å². The summed E-state index contributed by atoms with van der Waals surface area (Å²) in [7, 11) is 1.29. The van der Waals surface area contributed by atoms with Crippen molar-refractivity contribution in [1.82, 2.24) is 9.78 Å². The standard InChI is InChI=1S/C28H20FN3O3/c1-35-28(34)20-16-23-24(25(30-17-20)27(33)19-10-6-3-7-11-19)26(18-8-4-2-5-9-18)32(31-23)22-14-12-21(29)13-15-22/h2-16H,17H2,1H3. The summed E-state index contributed by atoms with van der Waals surface area (Å²) in [6.45, 7) is -0.0261. The third-order valence-corrected chi connectivity index (χ3v) is 5.68. The molecule has 0 N–H and O–H groups in total. The number of Topliss-reactive ketones (excluding diaryl/α,β-unsaturated/α-hetero) is 1. The first-order chi connectivity index (χ1) is 17.1. The summed E-state index contributed by atoms with van der Waals surface area (Å²) in [4.78, 5) is 30.7. The Labute approximate surface area is 201 Å². The molecule has 35 heavy (non-hydrogen) atoms. The molecule has 172 valence electrons. The highest BCUT2D eigenvalue weighted by Crippen LogP contribution is 2.33. The van der Waals surface area contributed by atoms with E-state index in [2.05, 4.69) is 4.99 Å². The fourth-order valence-electron chi connectivity index (χ4n) is 4.02. The van der Waals surface area contributed by atoms with Crippen LogP contribution in [0.15, 0.2) is 95.5 Å². The van der Waals surface area contributed by atoms with Crippen LogP contribution in [0.5, 0.6) is 0 Å². The number of fused-ring (bicyclic) bond motifs is 1. The van der Waals surface area contributed by atoms with Gasteiger partial charge in [-0.15, -0.1) is 0 Å². The minimum atomic E-state index is -0.550. The second-order valence-corrected chi connectivity index (χ2v) is 7.88. The van der Waals surface area contributed by atoms with Crippen molar-refractivity contribution in [2.45, 2.75) is 0 Å². The molecular formula is C28H20FN3O3. The van der Waals surface area contributed by atoms with Crippen molar-refractivity contribution in [3.05, 3.63) is 113 Å². The monoisotopic (exact) mass is 465 g/mol. The first kappa shape index (κ1) is 22.2. The number of benzene rings is 3. The van der Waals surface area contributed by atoms with Crippen molar-refractivity contribution < 1.29 is 18.7 Å². The lowest BCUT2D eigenvalue weighted by atomic mass is 9.95. The molecule has 6 nitrogen and oxygen atoms in total. The molecule has 0 bridgehead atoms. The zero-order chi connectivity index (χ0) is 24.4. The number of carbonyl (C=O) groups excluding carboxylic acids is 2. The van der Waals surface area contributed by atoms with Crippen molar-refractivity contribution in [2.24, 2.45) is 4.99 Å². The number of esters is 1. The summed E-state index contributed by atoms with van der Waals surface area (Å²) >= 11 is 0. The lowest BCUT2D eigenvalue weighted by molar-refractivity contribution is -0.136. The van der Waals surface area contributed by atoms with Crippen molar-refractivity contribution >= 4 is 23.5 Å². The molecule has 0 saturated carbocycles. The average Bonchev–Trinajstić information content (AvgIpc) is 3.17. The minimum absolute atomic E-state index is 0.0261. The van der Waals surface area contributed by atoms with Crippen LogP contribution < -0.4 is 0 Å². The molecule has 1 aromatic heterocycles. The number of nitrogens with zero attached hydrogens (tertiary/aromatic N) is 3. The van der Waals surface area contributed by atoms with Gasteiger partial charge in [-0.3, -0.25) is 9.79 Å². The van der Waals surface area contributed by atoms with Crippen LogP contribution in [-0.2, 0) is 9.53 Å². The maximum Gasteiger partial charge on any atom is 0.335 e. The first-order valence-electron chi connectivity index (χ1n) is 10.9. The zero-order valence-electron chi connectivity index (χ0n) is 18.8. The molecule has 2 heterocycles. The topological polar surface area (TPSA) is 73.5 Å². The van der Waals surface area contributed by atoms with Gasteiger partial charge >= 0.3 is 5.97 Å². The number of hydrogen-bond donors (Lipinski definition) is 0. The van der Waals surface area contributed by atoms with Gasteiger partial charge in [-0.25, -0.2) is 13.9 Å². The number of rotatable bonds is 5. The van der Waals surface area contributed by atoms with Gasteiger partial charge in [0.25, 0.3) is 0 Å². The minimum Gasteiger partial charge on any atom is -0.466 e. The van der Waals surface area contributed by atoms with E-state index in [1.165, 1.54) is 19.2 Å². The molecular weight excluding hydrogens is 445 g/mol. The van der Waals surface area contributed by atoms with E-state index in [0.717, 1.165) is 5.56 Å². The van der Waals surface area contributed by atoms with Crippen LogP contribution in [0.4, 0.5) is 4.39 Å². The third-order valence-electron chi connectivity index (χ3n) is 5.68. The maximum absolute atomic E-state index is 13.7. The molecule has 0 radical (unpaired) electrons. The molecule has 0 fully saturated rings. The van der Waals surface area contributed by atoms with Crippen molar-refractivity contribution in [2.75, 3.05) is 13.7 Å². The SMILES string of the molecule is COC(=O)C1=Cc2nn(-c3ccc(F)cc3)c(-c3ccccc3)c2C(C(=O)c2ccccc2)=NC1. The van der Waals surface area contributed by atoms with Crippen LogP contribution in [0.3, 0.4) is 0 Å². The van der Waals surface area contributed by atoms with Gasteiger partial charge in [-0.05, 0) is 30.3 Å². The largest absolute Gasteiger partial charge is 0.466 e. The number of ketones is 1. The van der Waals surface area contributed by atoms with E-state index in [1.54, 1.807) is 47.2 Å². The van der Waals surface area contributed by atoms with Crippen LogP contribution >= 0.6 is 0 Å². The Balaban J connectivity index is 1.81. The van der Waals surface area contributed by atoms with E-state index < -0.39 is 5.97 Å². The van der Waals surface area contributed by atoms with E-state index in [-0.39, 0.29) is 29.4 Å². The number of hydrogen-bond acceptors (Lipinski definition) is 5. The Morgan fingerprint density at radius 1 is 0.914 bits per heavy atom. The number of aliphatic imine (C=N–C) groups is 1. The molecule has 0 amide bonds. The Kier molecular flexibility index (Phi) is 5.89. The van der Waals surface area contributed by atoms with Crippen LogP contribution in [-0.4, -0.2) is 40.9 Å². The zero-order valence-corrected chi connectivity index (χ0v) is 18.8. The normalized spacial score (nSPS) is 12.7. The Bertz CT molecular complexity index is 1470. The van der Waals surface area contributed by atoms with Crippen molar-refractivity contribution in [3.8, 4) is 16.9 Å². The molecule has 0 unspecified atom stereocenters. The van der Waals surface area contributed by atoms with Crippen LogP contribution in [0, 0.1) is 5.82 Å². The van der Waals surface area contributed by atoms with Gasteiger partial charge in [0.15, 0.2) is 0 Å². The smallest absolute Gasteiger partial charge is 0.335 e. The second-order valence-electron chi connectivity index (χ2n) is 7.88. The predicted molar refractivity (Wildman–Crippen MR) is 131 cm³/mol. The van der Waals surface area contributed by atoms with Crippen LogP contribution in [0.25, 0.3) is 23.0 Å². The summed E-state index contributed by atoms with van der Waals surface area (Å²) in [6.07, 6.45) is 1.60. The van der Waals surface area contributed by atoms with E-state index >= 15 is 0 Å². The number of halogens is 1. The number of ether oxygens (including phenoxy) is 1. The fourth-order valence-corrected chi connectivity index (χ4v) is 4.02. The van der Waals surface area contributed by atoms with Gasteiger partial charge in [-0.2, -0.15) is 5.10 Å². The molecule has 5 rings (SSSR count). The lowest BCUT2D eigenvalue weighted by Crippen LogP contribution is -2.18. The van der Waals surface area contributed by atoms with Gasteiger partial charge in [-0.1, -0.05) is 60.7 Å². The summed E-state index contributed by atoms with van der Waals surface area (Å²) in [5, 5.41) is 4.76. The lowest BCUT2D eigenvalue weighted by Gasteiger charge is -2.12. The fraction of sp³-hybridized carbons (Fsp3) is 0.0714. The maximum atomic E-state index is 13.7. The molecule has 0 atom stereocenters. The Morgan fingerprint density at radius 3 is 2.23 bits per heavy atom. The molecule has 0 aliphatic carbocycles. The average molecular weight is 465 g/mol. The highest BCUT2D eigenvalue weighted by Gasteiger charge is 2.30. The summed E-state index contributed by atoms with van der Waals surface area (Å²) < 4.78 is 20.3. The van der Waals surface area contributed by atoms with E-state index in [9.17, 15) is 14.0 Å². The number of methoxy groups -OCH3 is 1. The summed E-state index contributed by atoms with van der Waals surface area (Å²) in [5.74, 6) is -1.22. The summed E-state index contributed by atoms with van der Waals surface area (Å²) in [5.41, 5.74) is 3.81. The quantitative estimate of drug-likeness (QED) is 0.310. The molecule has 4 aromatic rings. The molecule has 0 saturated heterocycles. The Morgan fingerprint density at radius 2 is 1.57 bits per heavy atom.